The van der Waals surface area contributed by atoms with Crippen molar-refractivity contribution in [3.8, 4) is 0 Å². The van der Waals surface area contributed by atoms with Crippen molar-refractivity contribution < 1.29 is 0 Å². The lowest BCUT2D eigenvalue weighted by atomic mass is 9.96. The number of piperidine rings is 2. The Bertz CT molecular complexity index is 525. The van der Waals surface area contributed by atoms with E-state index >= 15 is 0 Å². The van der Waals surface area contributed by atoms with Crippen LogP contribution in [-0.4, -0.2) is 72.7 Å². The molecule has 1 aromatic rings. The molecule has 4 rings (SSSR count). The smallest absolute Gasteiger partial charge is 0.0366 e. The number of anilines is 1. The van der Waals surface area contributed by atoms with E-state index in [-0.39, 0.29) is 0 Å². The van der Waals surface area contributed by atoms with Crippen LogP contribution < -0.4 is 4.90 Å². The minimum Gasteiger partial charge on any atom is -0.371 e. The van der Waals surface area contributed by atoms with E-state index in [1.807, 2.05) is 0 Å². The molecule has 3 saturated heterocycles. The van der Waals surface area contributed by atoms with Crippen LogP contribution in [0.3, 0.4) is 0 Å². The predicted molar refractivity (Wildman–Crippen MR) is 110 cm³/mol. The van der Waals surface area contributed by atoms with E-state index in [1.54, 1.807) is 0 Å². The maximum atomic E-state index is 2.81. The van der Waals surface area contributed by atoms with Crippen LogP contribution in [0.5, 0.6) is 0 Å². The van der Waals surface area contributed by atoms with E-state index in [2.05, 4.69) is 57.7 Å². The summed E-state index contributed by atoms with van der Waals surface area (Å²) in [6.45, 7) is 9.90. The lowest BCUT2D eigenvalue weighted by Crippen LogP contribution is -2.52. The molecule has 0 N–H and O–H groups in total. The molecule has 0 bridgehead atoms. The predicted octanol–water partition coefficient (Wildman–Crippen LogP) is 3.48. The molecule has 0 spiro atoms. The highest BCUT2D eigenvalue weighted by atomic mass is 32.2. The van der Waals surface area contributed by atoms with Gasteiger partial charge in [-0.15, -0.1) is 0 Å². The van der Waals surface area contributed by atoms with Crippen LogP contribution in [0.2, 0.25) is 0 Å². The largest absolute Gasteiger partial charge is 0.371 e. The van der Waals surface area contributed by atoms with Crippen LogP contribution >= 0.6 is 11.8 Å². The molecule has 0 aliphatic carbocycles. The second-order valence-corrected chi connectivity index (χ2v) is 9.19. The zero-order chi connectivity index (χ0) is 17.1. The van der Waals surface area contributed by atoms with Crippen molar-refractivity contribution in [2.24, 2.45) is 0 Å². The van der Waals surface area contributed by atoms with Gasteiger partial charge in [-0.05, 0) is 57.8 Å². The van der Waals surface area contributed by atoms with Crippen LogP contribution in [0, 0.1) is 6.92 Å². The molecule has 3 aliphatic rings. The number of hydrogen-bond acceptors (Lipinski definition) is 4. The second-order valence-electron chi connectivity index (χ2n) is 7.97. The van der Waals surface area contributed by atoms with Crippen molar-refractivity contribution in [2.45, 2.75) is 44.7 Å². The van der Waals surface area contributed by atoms with Gasteiger partial charge in [0.15, 0.2) is 0 Å². The van der Waals surface area contributed by atoms with Gasteiger partial charge in [0.1, 0.15) is 0 Å². The van der Waals surface area contributed by atoms with Crippen molar-refractivity contribution >= 4 is 17.4 Å². The molecule has 0 aromatic heterocycles. The summed E-state index contributed by atoms with van der Waals surface area (Å²) in [6.07, 6.45) is 5.45. The van der Waals surface area contributed by atoms with E-state index in [0.717, 1.165) is 12.1 Å². The van der Waals surface area contributed by atoms with Crippen molar-refractivity contribution in [1.82, 2.24) is 9.80 Å². The molecule has 3 nitrogen and oxygen atoms in total. The molecule has 0 saturated carbocycles. The molecule has 0 amide bonds. The van der Waals surface area contributed by atoms with Gasteiger partial charge in [0.05, 0.1) is 0 Å². The molecule has 4 heteroatoms. The molecule has 1 aromatic carbocycles. The monoisotopic (exact) mass is 359 g/mol. The Hall–Kier alpha value is -0.710. The fourth-order valence-electron chi connectivity index (χ4n) is 4.80. The van der Waals surface area contributed by atoms with Crippen LogP contribution in [0.25, 0.3) is 0 Å². The molecule has 3 fully saturated rings. The van der Waals surface area contributed by atoms with Gasteiger partial charge in [-0.3, -0.25) is 4.90 Å². The van der Waals surface area contributed by atoms with E-state index in [0.29, 0.717) is 0 Å². The third kappa shape index (κ3) is 4.35. The number of hydrogen-bond donors (Lipinski definition) is 0. The van der Waals surface area contributed by atoms with Crippen molar-refractivity contribution in [1.29, 1.82) is 0 Å². The fraction of sp³-hybridized carbons (Fsp3) is 0.714. The number of rotatable bonds is 3. The molecular weight excluding hydrogens is 326 g/mol. The van der Waals surface area contributed by atoms with Gasteiger partial charge in [0, 0.05) is 55.5 Å². The molecule has 3 heterocycles. The van der Waals surface area contributed by atoms with Gasteiger partial charge in [0.25, 0.3) is 0 Å². The summed E-state index contributed by atoms with van der Waals surface area (Å²) in [7, 11) is 0. The van der Waals surface area contributed by atoms with E-state index in [9.17, 15) is 0 Å². The van der Waals surface area contributed by atoms with Crippen LogP contribution in [0.15, 0.2) is 24.3 Å². The summed E-state index contributed by atoms with van der Waals surface area (Å²) >= 11 is 2.13. The number of thioether (sulfide) groups is 1. The molecule has 3 aliphatic heterocycles. The number of aryl methyl sites for hydroxylation is 1. The quantitative estimate of drug-likeness (QED) is 0.817. The fourth-order valence-corrected chi connectivity index (χ4v) is 5.73. The standard InChI is InChI=1S/C21H33N3S/c1-18-2-4-19(5-3-18)22-10-6-20(7-11-22)23-12-8-21(9-13-23)24-14-16-25-17-15-24/h2-5,20-21H,6-17H2,1H3. The first kappa shape index (κ1) is 17.7. The van der Waals surface area contributed by atoms with Gasteiger partial charge >= 0.3 is 0 Å². The van der Waals surface area contributed by atoms with Gasteiger partial charge < -0.3 is 9.80 Å². The molecule has 0 radical (unpaired) electrons. The maximum absolute atomic E-state index is 2.81. The van der Waals surface area contributed by atoms with Crippen molar-refractivity contribution in [3.63, 3.8) is 0 Å². The Morgan fingerprint density at radius 3 is 1.84 bits per heavy atom. The average molecular weight is 360 g/mol. The normalized spacial score (nSPS) is 25.4. The molecule has 0 unspecified atom stereocenters. The summed E-state index contributed by atoms with van der Waals surface area (Å²) in [4.78, 5) is 8.16. The van der Waals surface area contributed by atoms with Crippen LogP contribution in [0.1, 0.15) is 31.2 Å². The molecule has 0 atom stereocenters. The van der Waals surface area contributed by atoms with Gasteiger partial charge in [0.2, 0.25) is 0 Å². The Morgan fingerprint density at radius 1 is 0.720 bits per heavy atom. The Kier molecular flexibility index (Phi) is 5.89. The lowest BCUT2D eigenvalue weighted by molar-refractivity contribution is 0.0798. The first-order chi connectivity index (χ1) is 12.3. The van der Waals surface area contributed by atoms with Crippen molar-refractivity contribution in [2.75, 3.05) is 55.7 Å². The first-order valence-corrected chi connectivity index (χ1v) is 11.3. The van der Waals surface area contributed by atoms with Gasteiger partial charge in [-0.2, -0.15) is 11.8 Å². The van der Waals surface area contributed by atoms with E-state index in [4.69, 9.17) is 0 Å². The molecule has 25 heavy (non-hydrogen) atoms. The zero-order valence-electron chi connectivity index (χ0n) is 15.7. The third-order valence-corrected chi connectivity index (χ3v) is 7.38. The van der Waals surface area contributed by atoms with Crippen LogP contribution in [0.4, 0.5) is 5.69 Å². The topological polar surface area (TPSA) is 9.72 Å². The Labute approximate surface area is 157 Å². The van der Waals surface area contributed by atoms with Gasteiger partial charge in [-0.1, -0.05) is 17.7 Å². The summed E-state index contributed by atoms with van der Waals surface area (Å²) in [5.74, 6) is 2.69. The SMILES string of the molecule is Cc1ccc(N2CCC(N3CCC(N4CCSCC4)CC3)CC2)cc1. The van der Waals surface area contributed by atoms with Crippen molar-refractivity contribution in [3.05, 3.63) is 29.8 Å². The summed E-state index contributed by atoms with van der Waals surface area (Å²) in [5.41, 5.74) is 2.76. The van der Waals surface area contributed by atoms with Crippen LogP contribution in [-0.2, 0) is 0 Å². The van der Waals surface area contributed by atoms with E-state index < -0.39 is 0 Å². The number of nitrogens with zero attached hydrogens (tertiary/aromatic N) is 3. The Morgan fingerprint density at radius 2 is 1.24 bits per heavy atom. The highest BCUT2D eigenvalue weighted by Crippen LogP contribution is 2.27. The minimum atomic E-state index is 0.819. The third-order valence-electron chi connectivity index (χ3n) is 6.44. The molecular formula is C21H33N3S. The zero-order valence-corrected chi connectivity index (χ0v) is 16.5. The summed E-state index contributed by atoms with van der Waals surface area (Å²) in [5, 5.41) is 0. The second kappa shape index (κ2) is 8.32. The summed E-state index contributed by atoms with van der Waals surface area (Å²) in [6, 6.07) is 10.7. The maximum Gasteiger partial charge on any atom is 0.0366 e. The minimum absolute atomic E-state index is 0.819. The number of likely N-dealkylation sites (tertiary alicyclic amines) is 1. The highest BCUT2D eigenvalue weighted by molar-refractivity contribution is 7.99. The first-order valence-electron chi connectivity index (χ1n) is 10.2. The average Bonchev–Trinajstić information content (AvgIpc) is 2.70. The molecule has 138 valence electrons. The van der Waals surface area contributed by atoms with Gasteiger partial charge in [-0.25, -0.2) is 0 Å². The highest BCUT2D eigenvalue weighted by Gasteiger charge is 2.30. The lowest BCUT2D eigenvalue weighted by Gasteiger charge is -2.45. The van der Waals surface area contributed by atoms with E-state index in [1.165, 1.54) is 87.7 Å². The summed E-state index contributed by atoms with van der Waals surface area (Å²) < 4.78 is 0. The Balaban J connectivity index is 1.24. The number of benzene rings is 1.